The summed E-state index contributed by atoms with van der Waals surface area (Å²) in [6, 6.07) is 3.76. The first kappa shape index (κ1) is 18.1. The van der Waals surface area contributed by atoms with Crippen LogP contribution in [0.3, 0.4) is 0 Å². The molecule has 0 unspecified atom stereocenters. The predicted octanol–water partition coefficient (Wildman–Crippen LogP) is 3.48. The van der Waals surface area contributed by atoms with Crippen molar-refractivity contribution in [3.8, 4) is 11.5 Å². The van der Waals surface area contributed by atoms with Gasteiger partial charge >= 0.3 is 5.97 Å². The molecule has 0 aliphatic rings. The Morgan fingerprint density at radius 1 is 1.36 bits per heavy atom. The molecule has 0 atom stereocenters. The topological polar surface area (TPSA) is 74.8 Å². The maximum absolute atomic E-state index is 12.6. The molecular formula is C16H17ClIN5O2. The van der Waals surface area contributed by atoms with Crippen molar-refractivity contribution >= 4 is 51.3 Å². The summed E-state index contributed by atoms with van der Waals surface area (Å²) in [6.07, 6.45) is 2.53. The fourth-order valence-corrected chi connectivity index (χ4v) is 2.99. The van der Waals surface area contributed by atoms with E-state index in [1.165, 1.54) is 4.73 Å². The fourth-order valence-electron chi connectivity index (χ4n) is 2.17. The molecular weight excluding hydrogens is 457 g/mol. The summed E-state index contributed by atoms with van der Waals surface area (Å²) >= 11 is 8.19. The zero-order chi connectivity index (χ0) is 18.4. The van der Waals surface area contributed by atoms with E-state index >= 15 is 0 Å². The molecule has 3 aromatic rings. The van der Waals surface area contributed by atoms with E-state index in [9.17, 15) is 4.79 Å². The summed E-state index contributed by atoms with van der Waals surface area (Å²) < 4.78 is 3.67. The molecule has 0 saturated carbocycles. The minimum atomic E-state index is -0.633. The van der Waals surface area contributed by atoms with Gasteiger partial charge in [-0.3, -0.25) is 0 Å². The molecule has 0 fully saturated rings. The number of nitrogens with zero attached hydrogens (tertiary/aromatic N) is 5. The third-order valence-electron chi connectivity index (χ3n) is 4.18. The summed E-state index contributed by atoms with van der Waals surface area (Å²) in [7, 11) is 1.88. The minimum Gasteiger partial charge on any atom is -0.348 e. The van der Waals surface area contributed by atoms with Gasteiger partial charge in [0, 0.05) is 35.8 Å². The molecule has 3 aromatic heterocycles. The lowest BCUT2D eigenvalue weighted by atomic mass is 9.91. The molecule has 0 N–H and O–H groups in total. The Hall–Kier alpha value is -1.68. The number of carbonyl (C=O) groups excluding carboxylic acids is 1. The lowest BCUT2D eigenvalue weighted by molar-refractivity contribution is -0.153. The highest BCUT2D eigenvalue weighted by Gasteiger charge is 2.31. The van der Waals surface area contributed by atoms with Crippen LogP contribution in [0.2, 0.25) is 5.15 Å². The van der Waals surface area contributed by atoms with Gasteiger partial charge in [-0.15, -0.1) is 4.73 Å². The molecule has 0 radical (unpaired) electrons. The average Bonchev–Trinajstić information content (AvgIpc) is 3.11. The van der Waals surface area contributed by atoms with Crippen LogP contribution in [-0.4, -0.2) is 30.2 Å². The Morgan fingerprint density at radius 2 is 2.08 bits per heavy atom. The molecule has 7 nitrogen and oxygen atoms in total. The minimum absolute atomic E-state index is 0.217. The van der Waals surface area contributed by atoms with Crippen molar-refractivity contribution in [2.24, 2.45) is 12.5 Å². The normalized spacial score (nSPS) is 11.9. The SMILES string of the molecule is CCC(C)(C)C(=O)On1c(-c2cccn2C)nc2c(Cl)nc(I)nc21. The molecule has 0 aromatic carbocycles. The van der Waals surface area contributed by atoms with Gasteiger partial charge in [0.25, 0.3) is 0 Å². The Kier molecular flexibility index (Phi) is 4.76. The first-order valence-electron chi connectivity index (χ1n) is 7.70. The molecule has 0 spiro atoms. The first-order valence-corrected chi connectivity index (χ1v) is 9.16. The summed E-state index contributed by atoms with van der Waals surface area (Å²) in [4.78, 5) is 31.3. The standard InChI is InChI=1S/C16H17ClIN5O2/c1-5-16(2,3)14(24)25-23-12(9-7-6-8-22(9)4)19-10-11(17)20-15(18)21-13(10)23/h6-8H,5H2,1-4H3. The van der Waals surface area contributed by atoms with Crippen LogP contribution in [0.15, 0.2) is 18.3 Å². The third kappa shape index (κ3) is 3.24. The second kappa shape index (κ2) is 6.56. The lowest BCUT2D eigenvalue weighted by Crippen LogP contribution is -2.33. The second-order valence-electron chi connectivity index (χ2n) is 6.31. The van der Waals surface area contributed by atoms with Crippen LogP contribution in [0.1, 0.15) is 27.2 Å². The number of imidazole rings is 1. The van der Waals surface area contributed by atoms with Gasteiger partial charge in [-0.05, 0) is 32.4 Å². The number of aryl methyl sites for hydroxylation is 1. The highest BCUT2D eigenvalue weighted by molar-refractivity contribution is 14.1. The van der Waals surface area contributed by atoms with Crippen LogP contribution < -0.4 is 4.84 Å². The van der Waals surface area contributed by atoms with Crippen LogP contribution >= 0.6 is 34.2 Å². The van der Waals surface area contributed by atoms with E-state index in [0.717, 1.165) is 5.69 Å². The van der Waals surface area contributed by atoms with E-state index in [0.29, 0.717) is 27.2 Å². The van der Waals surface area contributed by atoms with Gasteiger partial charge in [-0.25, -0.2) is 14.8 Å². The Labute approximate surface area is 163 Å². The zero-order valence-electron chi connectivity index (χ0n) is 14.2. The lowest BCUT2D eigenvalue weighted by Gasteiger charge is -2.20. The molecule has 0 aliphatic carbocycles. The Balaban J connectivity index is 2.23. The predicted molar refractivity (Wildman–Crippen MR) is 103 cm³/mol. The van der Waals surface area contributed by atoms with Crippen molar-refractivity contribution in [3.05, 3.63) is 27.3 Å². The van der Waals surface area contributed by atoms with Crippen molar-refractivity contribution < 1.29 is 9.63 Å². The quantitative estimate of drug-likeness (QED) is 0.329. The van der Waals surface area contributed by atoms with Gasteiger partial charge in [-0.1, -0.05) is 18.5 Å². The van der Waals surface area contributed by atoms with E-state index in [1.807, 2.05) is 73.3 Å². The maximum Gasteiger partial charge on any atom is 0.338 e. The van der Waals surface area contributed by atoms with Crippen LogP contribution in [0.25, 0.3) is 22.7 Å². The molecule has 0 bridgehead atoms. The van der Waals surface area contributed by atoms with Crippen molar-refractivity contribution in [2.75, 3.05) is 0 Å². The molecule has 0 aliphatic heterocycles. The summed E-state index contributed by atoms with van der Waals surface area (Å²) in [5, 5.41) is 0.217. The van der Waals surface area contributed by atoms with Crippen molar-refractivity contribution in [2.45, 2.75) is 27.2 Å². The van der Waals surface area contributed by atoms with E-state index in [2.05, 4.69) is 15.0 Å². The molecule has 3 heterocycles. The third-order valence-corrected chi connectivity index (χ3v) is 4.93. The second-order valence-corrected chi connectivity index (χ2v) is 7.63. The summed E-state index contributed by atoms with van der Waals surface area (Å²) in [6.45, 7) is 5.61. The van der Waals surface area contributed by atoms with Crippen molar-refractivity contribution in [1.29, 1.82) is 0 Å². The molecule has 132 valence electrons. The molecule has 0 saturated heterocycles. The number of rotatable bonds is 4. The number of aromatic nitrogens is 5. The first-order chi connectivity index (χ1) is 11.7. The Morgan fingerprint density at radius 3 is 2.68 bits per heavy atom. The van der Waals surface area contributed by atoms with Crippen LogP contribution in [0, 0.1) is 9.25 Å². The average molecular weight is 474 g/mol. The maximum atomic E-state index is 12.6. The van der Waals surface area contributed by atoms with Crippen LogP contribution in [-0.2, 0) is 11.8 Å². The number of halogens is 2. The molecule has 3 rings (SSSR count). The van der Waals surface area contributed by atoms with Crippen molar-refractivity contribution in [3.63, 3.8) is 0 Å². The smallest absolute Gasteiger partial charge is 0.338 e. The van der Waals surface area contributed by atoms with Gasteiger partial charge in [-0.2, -0.15) is 4.98 Å². The largest absolute Gasteiger partial charge is 0.348 e. The van der Waals surface area contributed by atoms with E-state index < -0.39 is 5.41 Å². The number of carbonyl (C=O) groups is 1. The van der Waals surface area contributed by atoms with Crippen LogP contribution in [0.4, 0.5) is 0 Å². The van der Waals surface area contributed by atoms with Gasteiger partial charge < -0.3 is 9.40 Å². The highest BCUT2D eigenvalue weighted by atomic mass is 127. The van der Waals surface area contributed by atoms with E-state index in [4.69, 9.17) is 16.4 Å². The van der Waals surface area contributed by atoms with Crippen LogP contribution in [0.5, 0.6) is 0 Å². The van der Waals surface area contributed by atoms with Gasteiger partial charge in [0.05, 0.1) is 11.1 Å². The zero-order valence-corrected chi connectivity index (χ0v) is 17.2. The Bertz CT molecular complexity index is 963. The summed E-state index contributed by atoms with van der Waals surface area (Å²) in [5.41, 5.74) is 0.888. The number of hydrogen-bond acceptors (Lipinski definition) is 5. The van der Waals surface area contributed by atoms with E-state index in [1.54, 1.807) is 0 Å². The van der Waals surface area contributed by atoms with Gasteiger partial charge in [0.1, 0.15) is 5.52 Å². The molecule has 0 amide bonds. The fraction of sp³-hybridized carbons (Fsp3) is 0.375. The number of hydrogen-bond donors (Lipinski definition) is 0. The summed E-state index contributed by atoms with van der Waals surface area (Å²) in [5.74, 6) is 0.0791. The molecule has 25 heavy (non-hydrogen) atoms. The van der Waals surface area contributed by atoms with Gasteiger partial charge in [0.15, 0.2) is 14.8 Å². The number of fused-ring (bicyclic) bond motifs is 1. The van der Waals surface area contributed by atoms with Crippen molar-refractivity contribution in [1.82, 2.24) is 24.2 Å². The van der Waals surface area contributed by atoms with Gasteiger partial charge in [0.2, 0.25) is 5.65 Å². The highest BCUT2D eigenvalue weighted by Crippen LogP contribution is 2.28. The molecule has 9 heteroatoms. The monoisotopic (exact) mass is 473 g/mol. The van der Waals surface area contributed by atoms with E-state index in [-0.39, 0.29) is 11.1 Å².